The first-order chi connectivity index (χ1) is 22.9. The van der Waals surface area contributed by atoms with Crippen LogP contribution in [-0.2, 0) is 24.4 Å². The number of hydrogen-bond acceptors (Lipinski definition) is 5. The average Bonchev–Trinajstić information content (AvgIpc) is 3.44. The summed E-state index contributed by atoms with van der Waals surface area (Å²) in [6.07, 6.45) is 2.91. The van der Waals surface area contributed by atoms with Gasteiger partial charge in [0.25, 0.3) is 11.5 Å². The van der Waals surface area contributed by atoms with Gasteiger partial charge in [-0.25, -0.2) is 4.98 Å². The second kappa shape index (κ2) is 14.1. The van der Waals surface area contributed by atoms with E-state index < -0.39 is 5.97 Å². The number of fused-ring (bicyclic) bond motifs is 4. The third kappa shape index (κ3) is 7.08. The molecule has 0 atom stereocenters. The lowest BCUT2D eigenvalue weighted by atomic mass is 10.1. The monoisotopic (exact) mass is 623 g/mol. The van der Waals surface area contributed by atoms with Crippen LogP contribution in [0.15, 0.2) is 126 Å². The highest BCUT2D eigenvalue weighted by Crippen LogP contribution is 2.34. The molecule has 4 N–H and O–H groups in total. The maximum Gasteiger partial charge on any atom is 0.300 e. The normalized spacial score (nSPS) is 11.0. The number of nitrogens with two attached hydrogens (primary N) is 1. The molecule has 0 fully saturated rings. The number of carboxylic acids is 1. The summed E-state index contributed by atoms with van der Waals surface area (Å²) in [5.74, 6) is -0.833. The van der Waals surface area contributed by atoms with Crippen molar-refractivity contribution in [3.8, 4) is 11.3 Å². The molecule has 47 heavy (non-hydrogen) atoms. The van der Waals surface area contributed by atoms with E-state index in [0.29, 0.717) is 12.2 Å². The second-order valence-electron chi connectivity index (χ2n) is 11.5. The maximum absolute atomic E-state index is 13.6. The minimum absolute atomic E-state index is 0.198. The Morgan fingerprint density at radius 3 is 2.15 bits per heavy atom. The van der Waals surface area contributed by atoms with Crippen molar-refractivity contribution in [2.24, 2.45) is 5.73 Å². The highest BCUT2D eigenvalue weighted by atomic mass is 16.4. The van der Waals surface area contributed by atoms with Crippen LogP contribution in [-0.4, -0.2) is 32.2 Å². The Bertz CT molecular complexity index is 2160. The fraction of sp³-hybridized carbons (Fsp3) is 0.154. The third-order valence-electron chi connectivity index (χ3n) is 8.11. The van der Waals surface area contributed by atoms with Crippen LogP contribution in [0.25, 0.3) is 44.0 Å². The van der Waals surface area contributed by atoms with Gasteiger partial charge in [0.2, 0.25) is 0 Å². The fourth-order valence-corrected chi connectivity index (χ4v) is 5.97. The van der Waals surface area contributed by atoms with Crippen LogP contribution >= 0.6 is 0 Å². The molecule has 0 saturated heterocycles. The number of anilines is 1. The Morgan fingerprint density at radius 2 is 1.49 bits per heavy atom. The van der Waals surface area contributed by atoms with Crippen molar-refractivity contribution >= 4 is 44.4 Å². The summed E-state index contributed by atoms with van der Waals surface area (Å²) in [5, 5.41) is 10.5. The van der Waals surface area contributed by atoms with Gasteiger partial charge in [-0.15, -0.1) is 0 Å². The highest BCUT2D eigenvalue weighted by Gasteiger charge is 2.18. The smallest absolute Gasteiger partial charge is 0.300 e. The molecule has 0 radical (unpaired) electrons. The van der Waals surface area contributed by atoms with E-state index in [4.69, 9.17) is 20.6 Å². The number of benzene rings is 5. The summed E-state index contributed by atoms with van der Waals surface area (Å²) < 4.78 is 2.20. The van der Waals surface area contributed by atoms with Crippen molar-refractivity contribution in [1.82, 2.24) is 14.5 Å². The summed E-state index contributed by atoms with van der Waals surface area (Å²) in [6.45, 7) is 3.95. The van der Waals surface area contributed by atoms with Crippen molar-refractivity contribution in [2.45, 2.75) is 33.0 Å². The van der Waals surface area contributed by atoms with Crippen molar-refractivity contribution in [3.05, 3.63) is 143 Å². The second-order valence-corrected chi connectivity index (χ2v) is 11.5. The number of aromatic amines is 1. The van der Waals surface area contributed by atoms with E-state index in [1.807, 2.05) is 36.4 Å². The van der Waals surface area contributed by atoms with Gasteiger partial charge < -0.3 is 25.3 Å². The average molecular weight is 624 g/mol. The number of aromatic nitrogens is 3. The van der Waals surface area contributed by atoms with Crippen molar-refractivity contribution in [3.63, 3.8) is 0 Å². The van der Waals surface area contributed by atoms with Crippen LogP contribution in [0.3, 0.4) is 0 Å². The molecule has 8 nitrogen and oxygen atoms in total. The predicted octanol–water partition coefficient (Wildman–Crippen LogP) is 7.34. The van der Waals surface area contributed by atoms with Crippen LogP contribution in [0.2, 0.25) is 0 Å². The molecule has 0 aliphatic carbocycles. The Balaban J connectivity index is 0.000000915. The van der Waals surface area contributed by atoms with E-state index >= 15 is 0 Å². The van der Waals surface area contributed by atoms with Crippen molar-refractivity contribution in [1.29, 1.82) is 0 Å². The number of aliphatic carboxylic acids is 1. The minimum atomic E-state index is -0.833. The third-order valence-corrected chi connectivity index (χ3v) is 8.11. The molecule has 0 aliphatic rings. The number of hydrogen-bond donors (Lipinski definition) is 3. The standard InChI is InChI=1S/C37H33N5O.C2H4O2/c38-20-9-21-41-25-32(36-37(43)39-33-18-16-28-14-7-8-15-30(28)35(33)40-36)31-22-29(17-19-34(31)41)42(23-26-10-3-1-4-11-26)24-27-12-5-2-6-13-27;1-2(3)4/h1-8,10-19,22,25H,9,20-21,23-24,38H2,(H,39,43);1H3,(H,3,4). The van der Waals surface area contributed by atoms with Crippen LogP contribution in [0.4, 0.5) is 5.69 Å². The van der Waals surface area contributed by atoms with Crippen molar-refractivity contribution < 1.29 is 9.90 Å². The van der Waals surface area contributed by atoms with Crippen molar-refractivity contribution in [2.75, 3.05) is 11.4 Å². The van der Waals surface area contributed by atoms with Gasteiger partial charge in [0.15, 0.2) is 0 Å². The number of rotatable bonds is 9. The molecule has 0 saturated carbocycles. The zero-order valence-corrected chi connectivity index (χ0v) is 26.3. The van der Waals surface area contributed by atoms with Crippen LogP contribution < -0.4 is 16.2 Å². The van der Waals surface area contributed by atoms with Gasteiger partial charge >= 0.3 is 0 Å². The SMILES string of the molecule is CC(=O)O.NCCCn1cc(-c2nc3c(ccc4ccccc43)[nH]c2=O)c2cc(N(Cc3ccccc3)Cc3ccccc3)ccc21. The predicted molar refractivity (Wildman–Crippen MR) is 191 cm³/mol. The van der Waals surface area contributed by atoms with Gasteiger partial charge in [0, 0.05) is 60.3 Å². The summed E-state index contributed by atoms with van der Waals surface area (Å²) in [6, 6.07) is 39.7. The number of aryl methyl sites for hydroxylation is 1. The van der Waals surface area contributed by atoms with E-state index in [1.54, 1.807) is 0 Å². The number of carbonyl (C=O) groups is 1. The lowest BCUT2D eigenvalue weighted by Gasteiger charge is -2.26. The first-order valence-corrected chi connectivity index (χ1v) is 15.7. The summed E-state index contributed by atoms with van der Waals surface area (Å²) in [5.41, 5.74) is 13.1. The Morgan fingerprint density at radius 1 is 0.851 bits per heavy atom. The number of nitrogens with one attached hydrogen (secondary N) is 1. The van der Waals surface area contributed by atoms with E-state index in [1.165, 1.54) is 11.1 Å². The molecule has 7 aromatic rings. The molecule has 0 unspecified atom stereocenters. The minimum Gasteiger partial charge on any atom is -0.481 e. The van der Waals surface area contributed by atoms with Gasteiger partial charge in [-0.05, 0) is 53.7 Å². The molecule has 236 valence electrons. The summed E-state index contributed by atoms with van der Waals surface area (Å²) in [4.78, 5) is 33.1. The lowest BCUT2D eigenvalue weighted by molar-refractivity contribution is -0.134. The molecule has 0 bridgehead atoms. The van der Waals surface area contributed by atoms with Crippen LogP contribution in [0.5, 0.6) is 0 Å². The first-order valence-electron chi connectivity index (χ1n) is 15.7. The largest absolute Gasteiger partial charge is 0.481 e. The van der Waals surface area contributed by atoms with Crippen LogP contribution in [0, 0.1) is 0 Å². The molecule has 0 spiro atoms. The molecular weight excluding hydrogens is 586 g/mol. The van der Waals surface area contributed by atoms with Gasteiger partial charge in [0.1, 0.15) is 5.69 Å². The molecule has 7 rings (SSSR count). The van der Waals surface area contributed by atoms with Crippen LogP contribution in [0.1, 0.15) is 24.5 Å². The quantitative estimate of drug-likeness (QED) is 0.145. The molecular formula is C39H37N5O3. The van der Waals surface area contributed by atoms with Gasteiger partial charge in [-0.3, -0.25) is 9.59 Å². The number of nitrogens with zero attached hydrogens (tertiary/aromatic N) is 3. The molecule has 0 amide bonds. The zero-order valence-electron chi connectivity index (χ0n) is 26.3. The lowest BCUT2D eigenvalue weighted by Crippen LogP contribution is -2.22. The van der Waals surface area contributed by atoms with E-state index in [0.717, 1.165) is 76.9 Å². The highest BCUT2D eigenvalue weighted by molar-refractivity contribution is 6.05. The fourth-order valence-electron chi connectivity index (χ4n) is 5.97. The molecule has 0 aliphatic heterocycles. The molecule has 8 heteroatoms. The number of H-pyrrole nitrogens is 1. The van der Waals surface area contributed by atoms with E-state index in [9.17, 15) is 4.79 Å². The Hall–Kier alpha value is -5.73. The van der Waals surface area contributed by atoms with E-state index in [-0.39, 0.29) is 5.56 Å². The van der Waals surface area contributed by atoms with Gasteiger partial charge in [-0.2, -0.15) is 0 Å². The molecule has 2 aromatic heterocycles. The van der Waals surface area contributed by atoms with Gasteiger partial charge in [-0.1, -0.05) is 91.0 Å². The van der Waals surface area contributed by atoms with E-state index in [2.05, 4.69) is 99.5 Å². The molecule has 5 aromatic carbocycles. The first kappa shape index (κ1) is 31.3. The zero-order chi connectivity index (χ0) is 32.8. The Kier molecular flexibility index (Phi) is 9.41. The maximum atomic E-state index is 13.6. The summed E-state index contributed by atoms with van der Waals surface area (Å²) in [7, 11) is 0. The topological polar surface area (TPSA) is 117 Å². The summed E-state index contributed by atoms with van der Waals surface area (Å²) >= 11 is 0. The Labute approximate surface area is 272 Å². The number of carboxylic acid groups (broad SMARTS) is 1. The molecule has 2 heterocycles. The van der Waals surface area contributed by atoms with Gasteiger partial charge in [0.05, 0.1) is 11.0 Å².